The van der Waals surface area contributed by atoms with Crippen LogP contribution in [0.5, 0.6) is 0 Å². The molecule has 1 aliphatic heterocycles. The normalized spacial score (nSPS) is 13.9. The number of thiazole rings is 1. The Balaban J connectivity index is 1.24. The number of nitrogens with zero attached hydrogens (tertiary/aromatic N) is 7. The Labute approximate surface area is 214 Å². The van der Waals surface area contributed by atoms with Gasteiger partial charge in [0.15, 0.2) is 5.13 Å². The zero-order valence-corrected chi connectivity index (χ0v) is 21.1. The Morgan fingerprint density at radius 3 is 2.47 bits per heavy atom. The number of aromatic nitrogens is 4. The minimum Gasteiger partial charge on any atom is -0.368 e. The summed E-state index contributed by atoms with van der Waals surface area (Å²) >= 11 is 1.46. The molecule has 182 valence electrons. The fourth-order valence-electron chi connectivity index (χ4n) is 4.19. The van der Waals surface area contributed by atoms with Crippen LogP contribution in [-0.4, -0.2) is 58.1 Å². The maximum atomic E-state index is 9.56. The first-order valence-electron chi connectivity index (χ1n) is 11.8. The molecule has 9 nitrogen and oxygen atoms in total. The Morgan fingerprint density at radius 1 is 1.00 bits per heavy atom. The topological polar surface area (TPSA) is 106 Å². The van der Waals surface area contributed by atoms with E-state index in [1.807, 2.05) is 26.2 Å². The Hall–Kier alpha value is -4.07. The Morgan fingerprint density at radius 2 is 1.81 bits per heavy atom. The van der Waals surface area contributed by atoms with E-state index in [1.165, 1.54) is 23.1 Å². The lowest BCUT2D eigenvalue weighted by atomic mass is 10.2. The lowest BCUT2D eigenvalue weighted by Crippen LogP contribution is -2.46. The first-order chi connectivity index (χ1) is 17.6. The molecule has 0 unspecified atom stereocenters. The van der Waals surface area contributed by atoms with Crippen LogP contribution in [0.15, 0.2) is 54.9 Å². The van der Waals surface area contributed by atoms with E-state index in [4.69, 9.17) is 0 Å². The summed E-state index contributed by atoms with van der Waals surface area (Å²) in [5.41, 5.74) is 4.24. The first kappa shape index (κ1) is 23.7. The van der Waals surface area contributed by atoms with Crippen LogP contribution in [0.4, 0.5) is 22.6 Å². The highest BCUT2D eigenvalue weighted by Gasteiger charge is 2.19. The van der Waals surface area contributed by atoms with E-state index in [-0.39, 0.29) is 0 Å². The quantitative estimate of drug-likeness (QED) is 0.387. The largest absolute Gasteiger partial charge is 0.368 e. The van der Waals surface area contributed by atoms with Gasteiger partial charge in [-0.05, 0) is 24.6 Å². The zero-order valence-electron chi connectivity index (χ0n) is 20.3. The van der Waals surface area contributed by atoms with Crippen molar-refractivity contribution >= 4 is 33.9 Å². The van der Waals surface area contributed by atoms with E-state index in [0.717, 1.165) is 54.1 Å². The van der Waals surface area contributed by atoms with Crippen molar-refractivity contribution in [3.05, 3.63) is 71.7 Å². The molecule has 1 fully saturated rings. The van der Waals surface area contributed by atoms with Crippen molar-refractivity contribution in [2.24, 2.45) is 0 Å². The van der Waals surface area contributed by atoms with E-state index in [1.54, 1.807) is 0 Å². The van der Waals surface area contributed by atoms with Gasteiger partial charge in [0.2, 0.25) is 5.95 Å². The second kappa shape index (κ2) is 10.7. The number of hydrogen-bond donors (Lipinski definition) is 2. The molecular weight excluding hydrogens is 470 g/mol. The third-order valence-corrected chi connectivity index (χ3v) is 7.29. The summed E-state index contributed by atoms with van der Waals surface area (Å²) < 4.78 is 0. The molecule has 0 bridgehead atoms. The summed E-state index contributed by atoms with van der Waals surface area (Å²) in [6.07, 6.45) is 3.42. The number of rotatable bonds is 7. The molecule has 2 N–H and O–H groups in total. The summed E-state index contributed by atoms with van der Waals surface area (Å²) in [6, 6.07) is 16.8. The highest BCUT2D eigenvalue weighted by molar-refractivity contribution is 7.19. The molecule has 1 aromatic carbocycles. The van der Waals surface area contributed by atoms with Gasteiger partial charge in [-0.15, -0.1) is 0 Å². The zero-order chi connectivity index (χ0) is 24.9. The van der Waals surface area contributed by atoms with E-state index in [0.29, 0.717) is 23.0 Å². The van der Waals surface area contributed by atoms with Crippen LogP contribution < -0.4 is 15.5 Å². The lowest BCUT2D eigenvalue weighted by molar-refractivity contribution is 0.250. The summed E-state index contributed by atoms with van der Waals surface area (Å²) in [4.78, 5) is 23.7. The Kier molecular flexibility index (Phi) is 7.02. The van der Waals surface area contributed by atoms with E-state index >= 15 is 0 Å². The van der Waals surface area contributed by atoms with Gasteiger partial charge in [-0.1, -0.05) is 41.7 Å². The highest BCUT2D eigenvalue weighted by Crippen LogP contribution is 2.33. The average Bonchev–Trinajstić information content (AvgIpc) is 3.30. The third kappa shape index (κ3) is 5.27. The number of benzene rings is 1. The number of piperazine rings is 1. The molecule has 0 aliphatic carbocycles. The third-order valence-electron chi connectivity index (χ3n) is 6.11. The fourth-order valence-corrected chi connectivity index (χ4v) is 5.11. The van der Waals surface area contributed by atoms with Gasteiger partial charge < -0.3 is 15.5 Å². The molecule has 0 saturated carbocycles. The molecule has 0 radical (unpaired) electrons. The van der Waals surface area contributed by atoms with Crippen molar-refractivity contribution in [3.8, 4) is 16.6 Å². The van der Waals surface area contributed by atoms with Gasteiger partial charge in [0.1, 0.15) is 17.6 Å². The second-order valence-electron chi connectivity index (χ2n) is 8.53. The van der Waals surface area contributed by atoms with Crippen molar-refractivity contribution in [2.75, 3.05) is 48.8 Å². The molecule has 5 rings (SSSR count). The SMILES string of the molecule is CNc1nc(C)c(-c2nc(Nc3ccc(N4CCN(Cc5ccccc5)CC4)cn3)ncc2C#N)s1. The number of nitrogens with one attached hydrogen (secondary N) is 2. The maximum Gasteiger partial charge on any atom is 0.229 e. The minimum atomic E-state index is 0.387. The van der Waals surface area contributed by atoms with Crippen LogP contribution in [0, 0.1) is 18.3 Å². The van der Waals surface area contributed by atoms with E-state index in [2.05, 4.69) is 82.8 Å². The maximum absolute atomic E-state index is 9.56. The smallest absolute Gasteiger partial charge is 0.229 e. The number of nitriles is 1. The van der Waals surface area contributed by atoms with Crippen LogP contribution in [0.1, 0.15) is 16.8 Å². The fraction of sp³-hybridized carbons (Fsp3) is 0.269. The highest BCUT2D eigenvalue weighted by atomic mass is 32.1. The van der Waals surface area contributed by atoms with E-state index < -0.39 is 0 Å². The molecule has 4 aromatic rings. The number of pyridine rings is 1. The molecule has 1 saturated heterocycles. The lowest BCUT2D eigenvalue weighted by Gasteiger charge is -2.36. The number of anilines is 4. The van der Waals surface area contributed by atoms with Gasteiger partial charge in [0.05, 0.1) is 34.2 Å². The molecule has 4 heterocycles. The molecular formula is C26H27N9S. The van der Waals surface area contributed by atoms with Crippen molar-refractivity contribution in [1.82, 2.24) is 24.8 Å². The van der Waals surface area contributed by atoms with Crippen molar-refractivity contribution in [2.45, 2.75) is 13.5 Å². The van der Waals surface area contributed by atoms with Crippen LogP contribution in [0.2, 0.25) is 0 Å². The number of hydrogen-bond acceptors (Lipinski definition) is 10. The number of aryl methyl sites for hydroxylation is 1. The molecule has 0 spiro atoms. The van der Waals surface area contributed by atoms with Gasteiger partial charge in [-0.3, -0.25) is 4.90 Å². The standard InChI is InChI=1S/C26H27N9S/c1-18-24(36-26(28-2)31-18)23-20(14-27)15-30-25(33-23)32-22-9-8-21(16-29-22)35-12-10-34(11-13-35)17-19-6-4-3-5-7-19/h3-9,15-16H,10-13,17H2,1-2H3,(H,28,31)(H,29,30,32,33). The monoisotopic (exact) mass is 497 g/mol. The van der Waals surface area contributed by atoms with Gasteiger partial charge in [0.25, 0.3) is 0 Å². The summed E-state index contributed by atoms with van der Waals surface area (Å²) in [6.45, 7) is 6.86. The van der Waals surface area contributed by atoms with Crippen LogP contribution in [0.3, 0.4) is 0 Å². The van der Waals surface area contributed by atoms with Gasteiger partial charge in [-0.2, -0.15) is 5.26 Å². The van der Waals surface area contributed by atoms with Crippen molar-refractivity contribution in [1.29, 1.82) is 5.26 Å². The molecule has 0 amide bonds. The molecule has 0 atom stereocenters. The van der Waals surface area contributed by atoms with Gasteiger partial charge in [-0.25, -0.2) is 19.9 Å². The van der Waals surface area contributed by atoms with Gasteiger partial charge in [0, 0.05) is 39.8 Å². The molecule has 36 heavy (non-hydrogen) atoms. The van der Waals surface area contributed by atoms with Gasteiger partial charge >= 0.3 is 0 Å². The Bertz CT molecular complexity index is 1350. The van der Waals surface area contributed by atoms with Crippen molar-refractivity contribution in [3.63, 3.8) is 0 Å². The van der Waals surface area contributed by atoms with E-state index in [9.17, 15) is 5.26 Å². The minimum absolute atomic E-state index is 0.387. The first-order valence-corrected chi connectivity index (χ1v) is 12.6. The predicted octanol–water partition coefficient (Wildman–Crippen LogP) is 4.28. The predicted molar refractivity (Wildman–Crippen MR) is 144 cm³/mol. The molecule has 10 heteroatoms. The van der Waals surface area contributed by atoms with Crippen molar-refractivity contribution < 1.29 is 0 Å². The molecule has 3 aromatic heterocycles. The summed E-state index contributed by atoms with van der Waals surface area (Å²) in [5.74, 6) is 1.03. The second-order valence-corrected chi connectivity index (χ2v) is 9.53. The van der Waals surface area contributed by atoms with Crippen LogP contribution in [0.25, 0.3) is 10.6 Å². The molecule has 1 aliphatic rings. The van der Waals surface area contributed by atoms with Crippen LogP contribution in [-0.2, 0) is 6.54 Å². The summed E-state index contributed by atoms with van der Waals surface area (Å²) in [7, 11) is 1.82. The average molecular weight is 498 g/mol. The van der Waals surface area contributed by atoms with Crippen LogP contribution >= 0.6 is 11.3 Å². The summed E-state index contributed by atoms with van der Waals surface area (Å²) in [5, 5.41) is 16.5.